The summed E-state index contributed by atoms with van der Waals surface area (Å²) >= 11 is 0. The van der Waals surface area contributed by atoms with Crippen molar-refractivity contribution in [1.82, 2.24) is 0 Å². The zero-order valence-corrected chi connectivity index (χ0v) is 6.18. The number of methoxy groups -OCH3 is 1. The second-order valence-electron chi connectivity index (χ2n) is 1.86. The molecule has 10 heavy (non-hydrogen) atoms. The molecule has 2 heteroatoms. The van der Waals surface area contributed by atoms with Gasteiger partial charge in [-0.3, -0.25) is 0 Å². The van der Waals surface area contributed by atoms with Crippen molar-refractivity contribution >= 4 is 5.94 Å². The Morgan fingerprint density at radius 2 is 2.30 bits per heavy atom. The molecule has 0 saturated carbocycles. The summed E-state index contributed by atoms with van der Waals surface area (Å²) in [4.78, 5) is 9.82. The highest BCUT2D eigenvalue weighted by atomic mass is 16.5. The highest BCUT2D eigenvalue weighted by Crippen LogP contribution is 2.00. The van der Waals surface area contributed by atoms with Crippen LogP contribution in [0.15, 0.2) is 30.1 Å². The standard InChI is InChI=1S/C8H10O2/c1-7(2)6-8(10-3)4-5-9/h4,6H,1H2,2-3H3/b8-6+. The van der Waals surface area contributed by atoms with E-state index in [1.54, 1.807) is 12.0 Å². The summed E-state index contributed by atoms with van der Waals surface area (Å²) < 4.78 is 4.78. The van der Waals surface area contributed by atoms with Gasteiger partial charge in [0.2, 0.25) is 0 Å². The van der Waals surface area contributed by atoms with Crippen LogP contribution in [0.2, 0.25) is 0 Å². The van der Waals surface area contributed by atoms with Crippen molar-refractivity contribution in [1.29, 1.82) is 0 Å². The van der Waals surface area contributed by atoms with Crippen LogP contribution in [-0.2, 0) is 9.53 Å². The summed E-state index contributed by atoms with van der Waals surface area (Å²) in [6.45, 7) is 5.44. The maximum Gasteiger partial charge on any atom is 0.130 e. The van der Waals surface area contributed by atoms with Crippen molar-refractivity contribution < 1.29 is 9.53 Å². The molecule has 0 radical (unpaired) electrons. The van der Waals surface area contributed by atoms with Gasteiger partial charge in [0.25, 0.3) is 0 Å². The Morgan fingerprint density at radius 1 is 1.70 bits per heavy atom. The van der Waals surface area contributed by atoms with Gasteiger partial charge in [-0.2, -0.15) is 0 Å². The third-order valence-corrected chi connectivity index (χ3v) is 0.826. The molecule has 0 fully saturated rings. The number of rotatable bonds is 3. The molecule has 0 spiro atoms. The lowest BCUT2D eigenvalue weighted by Crippen LogP contribution is -1.81. The average molecular weight is 138 g/mol. The van der Waals surface area contributed by atoms with E-state index < -0.39 is 0 Å². The van der Waals surface area contributed by atoms with Crippen LogP contribution in [0.3, 0.4) is 0 Å². The maximum atomic E-state index is 9.82. The van der Waals surface area contributed by atoms with E-state index in [2.05, 4.69) is 6.58 Å². The Balaban J connectivity index is 4.32. The van der Waals surface area contributed by atoms with Crippen molar-refractivity contribution in [3.63, 3.8) is 0 Å². The highest BCUT2D eigenvalue weighted by molar-refractivity contribution is 5.51. The van der Waals surface area contributed by atoms with Gasteiger partial charge in [-0.05, 0) is 13.0 Å². The lowest BCUT2D eigenvalue weighted by atomic mass is 10.3. The number of hydrogen-bond acceptors (Lipinski definition) is 2. The summed E-state index contributed by atoms with van der Waals surface area (Å²) in [7, 11) is 1.49. The first-order valence-electron chi connectivity index (χ1n) is 2.82. The van der Waals surface area contributed by atoms with Crippen molar-refractivity contribution in [3.05, 3.63) is 30.1 Å². The van der Waals surface area contributed by atoms with Crippen LogP contribution in [0.5, 0.6) is 0 Å². The first-order chi connectivity index (χ1) is 4.70. The second kappa shape index (κ2) is 4.59. The maximum absolute atomic E-state index is 9.82. The van der Waals surface area contributed by atoms with Crippen LogP contribution in [0.1, 0.15) is 6.92 Å². The Kier molecular flexibility index (Phi) is 4.01. The zero-order chi connectivity index (χ0) is 7.98. The monoisotopic (exact) mass is 138 g/mol. The summed E-state index contributed by atoms with van der Waals surface area (Å²) in [6, 6.07) is 0. The van der Waals surface area contributed by atoms with E-state index in [1.165, 1.54) is 13.2 Å². The van der Waals surface area contributed by atoms with Gasteiger partial charge in [0.1, 0.15) is 11.7 Å². The van der Waals surface area contributed by atoms with E-state index in [-0.39, 0.29) is 0 Å². The molecule has 0 saturated heterocycles. The van der Waals surface area contributed by atoms with E-state index in [0.29, 0.717) is 5.76 Å². The molecule has 0 aliphatic carbocycles. The number of allylic oxidation sites excluding steroid dienone is 3. The third-order valence-electron chi connectivity index (χ3n) is 0.826. The van der Waals surface area contributed by atoms with Gasteiger partial charge >= 0.3 is 0 Å². The summed E-state index contributed by atoms with van der Waals surface area (Å²) in [5, 5.41) is 0. The normalized spacial score (nSPS) is 10.0. The van der Waals surface area contributed by atoms with E-state index in [4.69, 9.17) is 4.74 Å². The van der Waals surface area contributed by atoms with E-state index in [0.717, 1.165) is 5.57 Å². The zero-order valence-electron chi connectivity index (χ0n) is 6.18. The molecule has 0 rings (SSSR count). The molecule has 0 aliphatic rings. The van der Waals surface area contributed by atoms with Crippen molar-refractivity contribution in [3.8, 4) is 0 Å². The molecule has 0 aromatic carbocycles. The molecule has 0 amide bonds. The molecule has 0 aromatic rings. The molecule has 0 aliphatic heterocycles. The first-order valence-corrected chi connectivity index (χ1v) is 2.82. The lowest BCUT2D eigenvalue weighted by Gasteiger charge is -1.96. The minimum absolute atomic E-state index is 0.475. The van der Waals surface area contributed by atoms with Crippen LogP contribution in [0, 0.1) is 0 Å². The molecular weight excluding hydrogens is 128 g/mol. The molecule has 54 valence electrons. The van der Waals surface area contributed by atoms with Crippen LogP contribution in [0.25, 0.3) is 0 Å². The Morgan fingerprint density at radius 3 is 2.60 bits per heavy atom. The summed E-state index contributed by atoms with van der Waals surface area (Å²) in [6.07, 6.45) is 2.87. The molecule has 0 N–H and O–H groups in total. The topological polar surface area (TPSA) is 26.3 Å². The molecule has 0 bridgehead atoms. The number of carbonyl (C=O) groups excluding carboxylic acids is 1. The van der Waals surface area contributed by atoms with Gasteiger partial charge in [0.15, 0.2) is 0 Å². The Labute approximate surface area is 60.5 Å². The van der Waals surface area contributed by atoms with Gasteiger partial charge in [-0.15, -0.1) is 0 Å². The summed E-state index contributed by atoms with van der Waals surface area (Å²) in [5.74, 6) is 2.09. The number of hydrogen-bond donors (Lipinski definition) is 0. The fraction of sp³-hybridized carbons (Fsp3) is 0.250. The predicted molar refractivity (Wildman–Crippen MR) is 40.2 cm³/mol. The van der Waals surface area contributed by atoms with E-state index in [9.17, 15) is 4.79 Å². The third kappa shape index (κ3) is 3.70. The minimum Gasteiger partial charge on any atom is -0.496 e. The lowest BCUT2D eigenvalue weighted by molar-refractivity contribution is 0.307. The van der Waals surface area contributed by atoms with Crippen molar-refractivity contribution in [2.75, 3.05) is 7.11 Å². The minimum atomic E-state index is 0.475. The van der Waals surface area contributed by atoms with Gasteiger partial charge in [-0.1, -0.05) is 12.2 Å². The van der Waals surface area contributed by atoms with Gasteiger partial charge in [0.05, 0.1) is 13.2 Å². The fourth-order valence-corrected chi connectivity index (χ4v) is 0.460. The highest BCUT2D eigenvalue weighted by Gasteiger charge is 1.87. The van der Waals surface area contributed by atoms with Gasteiger partial charge < -0.3 is 4.74 Å². The molecule has 0 heterocycles. The molecule has 0 atom stereocenters. The van der Waals surface area contributed by atoms with Crippen LogP contribution in [0.4, 0.5) is 0 Å². The number of ether oxygens (including phenoxy) is 1. The Hall–Kier alpha value is -1.27. The van der Waals surface area contributed by atoms with Crippen LogP contribution >= 0.6 is 0 Å². The predicted octanol–water partition coefficient (Wildman–Crippen LogP) is 1.48. The Bertz CT molecular complexity index is 195. The average Bonchev–Trinajstić information content (AvgIpc) is 1.86. The first kappa shape index (κ1) is 8.73. The van der Waals surface area contributed by atoms with Crippen LogP contribution in [-0.4, -0.2) is 13.1 Å². The molecule has 0 unspecified atom stereocenters. The van der Waals surface area contributed by atoms with Gasteiger partial charge in [-0.25, -0.2) is 4.79 Å². The van der Waals surface area contributed by atoms with Crippen molar-refractivity contribution in [2.24, 2.45) is 0 Å². The van der Waals surface area contributed by atoms with Crippen LogP contribution < -0.4 is 0 Å². The van der Waals surface area contributed by atoms with Gasteiger partial charge in [0, 0.05) is 0 Å². The largest absolute Gasteiger partial charge is 0.496 e. The van der Waals surface area contributed by atoms with Crippen molar-refractivity contribution in [2.45, 2.75) is 6.92 Å². The fourth-order valence-electron chi connectivity index (χ4n) is 0.460. The smallest absolute Gasteiger partial charge is 0.130 e. The SMILES string of the molecule is C=C(C)/C=C(\C=C=O)OC. The van der Waals surface area contributed by atoms with E-state index in [1.807, 2.05) is 6.92 Å². The van der Waals surface area contributed by atoms with E-state index >= 15 is 0 Å². The molecule has 0 aromatic heterocycles. The molecular formula is C8H10O2. The molecule has 2 nitrogen and oxygen atoms in total. The quantitative estimate of drug-likeness (QED) is 0.335. The second-order valence-corrected chi connectivity index (χ2v) is 1.86. The summed E-state index contributed by atoms with van der Waals surface area (Å²) in [5.41, 5.74) is 0.836.